The number of hydrogen-bond donors (Lipinski definition) is 3. The van der Waals surface area contributed by atoms with Crippen LogP contribution in [0.4, 0.5) is 17.1 Å². The molecule has 0 spiro atoms. The molecule has 1 aliphatic heterocycles. The van der Waals surface area contributed by atoms with E-state index in [0.29, 0.717) is 17.8 Å². The van der Waals surface area contributed by atoms with Crippen LogP contribution in [0.1, 0.15) is 11.7 Å². The van der Waals surface area contributed by atoms with E-state index in [9.17, 15) is 9.90 Å². The lowest BCUT2D eigenvalue weighted by molar-refractivity contribution is -0.115. The van der Waals surface area contributed by atoms with E-state index in [4.69, 9.17) is 5.73 Å². The fourth-order valence-corrected chi connectivity index (χ4v) is 2.59. The highest BCUT2D eigenvalue weighted by molar-refractivity contribution is 6.01. The number of fused-ring (bicyclic) bond motifs is 1. The predicted octanol–water partition coefficient (Wildman–Crippen LogP) is 1.76. The number of nitrogens with two attached hydrogens (primary N) is 1. The van der Waals surface area contributed by atoms with E-state index in [0.717, 1.165) is 11.4 Å². The van der Waals surface area contributed by atoms with Crippen LogP contribution in [0.15, 0.2) is 48.5 Å². The summed E-state index contributed by atoms with van der Waals surface area (Å²) in [5.74, 6) is -0.0815. The highest BCUT2D eigenvalue weighted by Gasteiger charge is 2.24. The number of nitrogens with one attached hydrogen (secondary N) is 1. The van der Waals surface area contributed by atoms with E-state index in [1.54, 1.807) is 12.1 Å². The molecule has 2 aromatic rings. The standard InChI is InChI=1S/C16H17N3O2/c17-12-6-2-1-5-11(12)15(20)9-19-10-16(21)18-13-7-3-4-8-14(13)19/h1-8,15,20H,9-10,17H2,(H,18,21). The third kappa shape index (κ3) is 2.68. The van der Waals surface area contributed by atoms with Crippen molar-refractivity contribution >= 4 is 23.0 Å². The molecule has 0 radical (unpaired) electrons. The lowest BCUT2D eigenvalue weighted by Crippen LogP contribution is -2.40. The predicted molar refractivity (Wildman–Crippen MR) is 83.1 cm³/mol. The van der Waals surface area contributed by atoms with Crippen LogP contribution in [0.25, 0.3) is 0 Å². The Kier molecular flexibility index (Phi) is 3.50. The number of aliphatic hydroxyl groups excluding tert-OH is 1. The van der Waals surface area contributed by atoms with Gasteiger partial charge in [0.1, 0.15) is 0 Å². The Morgan fingerprint density at radius 2 is 1.90 bits per heavy atom. The number of anilines is 3. The molecule has 0 fully saturated rings. The number of nitrogen functional groups attached to an aromatic ring is 1. The normalized spacial score (nSPS) is 15.3. The van der Waals surface area contributed by atoms with Gasteiger partial charge in [0.25, 0.3) is 0 Å². The third-order valence-electron chi connectivity index (χ3n) is 3.60. The molecule has 0 saturated carbocycles. The Labute approximate surface area is 123 Å². The van der Waals surface area contributed by atoms with E-state index < -0.39 is 6.10 Å². The molecule has 1 unspecified atom stereocenters. The van der Waals surface area contributed by atoms with Crippen LogP contribution >= 0.6 is 0 Å². The molecular formula is C16H17N3O2. The summed E-state index contributed by atoms with van der Waals surface area (Å²) in [5, 5.41) is 13.2. The van der Waals surface area contributed by atoms with Gasteiger partial charge in [0, 0.05) is 17.8 Å². The smallest absolute Gasteiger partial charge is 0.243 e. The molecule has 4 N–H and O–H groups in total. The zero-order chi connectivity index (χ0) is 14.8. The van der Waals surface area contributed by atoms with Crippen molar-refractivity contribution < 1.29 is 9.90 Å². The van der Waals surface area contributed by atoms with Gasteiger partial charge in [-0.3, -0.25) is 4.79 Å². The summed E-state index contributed by atoms with van der Waals surface area (Å²) in [4.78, 5) is 13.6. The maximum atomic E-state index is 11.8. The molecule has 1 amide bonds. The van der Waals surface area contributed by atoms with E-state index in [-0.39, 0.29) is 12.5 Å². The Hall–Kier alpha value is -2.53. The first kappa shape index (κ1) is 13.5. The van der Waals surface area contributed by atoms with Crippen LogP contribution in [0, 0.1) is 0 Å². The highest BCUT2D eigenvalue weighted by atomic mass is 16.3. The summed E-state index contributed by atoms with van der Waals surface area (Å²) in [6, 6.07) is 14.8. The van der Waals surface area contributed by atoms with Gasteiger partial charge in [-0.05, 0) is 18.2 Å². The van der Waals surface area contributed by atoms with Crippen LogP contribution in [0.5, 0.6) is 0 Å². The van der Waals surface area contributed by atoms with Crippen molar-refractivity contribution in [2.45, 2.75) is 6.10 Å². The van der Waals surface area contributed by atoms with Crippen molar-refractivity contribution in [2.24, 2.45) is 0 Å². The number of carbonyl (C=O) groups excluding carboxylic acids is 1. The van der Waals surface area contributed by atoms with Gasteiger partial charge in [-0.1, -0.05) is 30.3 Å². The minimum absolute atomic E-state index is 0.0815. The van der Waals surface area contributed by atoms with E-state index in [2.05, 4.69) is 5.32 Å². The summed E-state index contributed by atoms with van der Waals surface area (Å²) in [6.45, 7) is 0.541. The van der Waals surface area contributed by atoms with Crippen LogP contribution < -0.4 is 16.0 Å². The summed E-state index contributed by atoms with van der Waals surface area (Å²) < 4.78 is 0. The summed E-state index contributed by atoms with van der Waals surface area (Å²) >= 11 is 0. The fraction of sp³-hybridized carbons (Fsp3) is 0.188. The molecule has 0 aliphatic carbocycles. The average molecular weight is 283 g/mol. The van der Waals surface area contributed by atoms with Gasteiger partial charge < -0.3 is 21.1 Å². The molecule has 2 aromatic carbocycles. The summed E-state index contributed by atoms with van der Waals surface area (Å²) in [5.41, 5.74) is 8.80. The molecule has 1 aliphatic rings. The summed E-state index contributed by atoms with van der Waals surface area (Å²) in [7, 11) is 0. The molecule has 108 valence electrons. The Morgan fingerprint density at radius 3 is 2.71 bits per heavy atom. The Morgan fingerprint density at radius 1 is 1.19 bits per heavy atom. The third-order valence-corrected chi connectivity index (χ3v) is 3.60. The molecule has 1 atom stereocenters. The van der Waals surface area contributed by atoms with Crippen LogP contribution in [-0.4, -0.2) is 24.1 Å². The molecule has 0 saturated heterocycles. The molecule has 0 aromatic heterocycles. The van der Waals surface area contributed by atoms with Gasteiger partial charge >= 0.3 is 0 Å². The number of amides is 1. The van der Waals surface area contributed by atoms with Gasteiger partial charge in [0.15, 0.2) is 0 Å². The number of rotatable bonds is 3. The van der Waals surface area contributed by atoms with Gasteiger partial charge in [-0.15, -0.1) is 0 Å². The first-order chi connectivity index (χ1) is 10.1. The lowest BCUT2D eigenvalue weighted by atomic mass is 10.1. The molecular weight excluding hydrogens is 266 g/mol. The van der Waals surface area contributed by atoms with Crippen molar-refractivity contribution in [3.8, 4) is 0 Å². The molecule has 0 bridgehead atoms. The van der Waals surface area contributed by atoms with Crippen molar-refractivity contribution in [1.29, 1.82) is 0 Å². The van der Waals surface area contributed by atoms with Gasteiger partial charge in [0.05, 0.1) is 24.0 Å². The number of carbonyl (C=O) groups is 1. The van der Waals surface area contributed by atoms with Crippen LogP contribution in [-0.2, 0) is 4.79 Å². The Balaban J connectivity index is 1.85. The number of aliphatic hydroxyl groups is 1. The Bertz CT molecular complexity index is 672. The average Bonchev–Trinajstić information content (AvgIpc) is 2.47. The SMILES string of the molecule is Nc1ccccc1C(O)CN1CC(=O)Nc2ccccc21. The van der Waals surface area contributed by atoms with Crippen molar-refractivity contribution in [1.82, 2.24) is 0 Å². The molecule has 5 nitrogen and oxygen atoms in total. The zero-order valence-corrected chi connectivity index (χ0v) is 11.5. The van der Waals surface area contributed by atoms with Crippen molar-refractivity contribution in [2.75, 3.05) is 29.0 Å². The maximum Gasteiger partial charge on any atom is 0.243 e. The van der Waals surface area contributed by atoms with Gasteiger partial charge in [-0.25, -0.2) is 0 Å². The van der Waals surface area contributed by atoms with Gasteiger partial charge in [-0.2, -0.15) is 0 Å². The largest absolute Gasteiger partial charge is 0.398 e. The number of benzene rings is 2. The lowest BCUT2D eigenvalue weighted by Gasteiger charge is -2.32. The van der Waals surface area contributed by atoms with Crippen molar-refractivity contribution in [3.05, 3.63) is 54.1 Å². The van der Waals surface area contributed by atoms with E-state index >= 15 is 0 Å². The minimum Gasteiger partial charge on any atom is -0.398 e. The zero-order valence-electron chi connectivity index (χ0n) is 11.5. The minimum atomic E-state index is -0.745. The second kappa shape index (κ2) is 5.46. The molecule has 5 heteroatoms. The first-order valence-corrected chi connectivity index (χ1v) is 6.81. The topological polar surface area (TPSA) is 78.6 Å². The second-order valence-electron chi connectivity index (χ2n) is 5.09. The molecule has 3 rings (SSSR count). The summed E-state index contributed by atoms with van der Waals surface area (Å²) in [6.07, 6.45) is -0.745. The van der Waals surface area contributed by atoms with Crippen LogP contribution in [0.3, 0.4) is 0 Å². The maximum absolute atomic E-state index is 11.8. The second-order valence-corrected chi connectivity index (χ2v) is 5.09. The van der Waals surface area contributed by atoms with Gasteiger partial charge in [0.2, 0.25) is 5.91 Å². The number of nitrogens with zero attached hydrogens (tertiary/aromatic N) is 1. The van der Waals surface area contributed by atoms with E-state index in [1.807, 2.05) is 41.3 Å². The van der Waals surface area contributed by atoms with E-state index in [1.165, 1.54) is 0 Å². The molecule has 1 heterocycles. The monoisotopic (exact) mass is 283 g/mol. The quantitative estimate of drug-likeness (QED) is 0.750. The number of para-hydroxylation sites is 3. The number of β-amino-alcohol motifs (C(OH)–C–C–N with tert-alkyl or cyclic N) is 1. The van der Waals surface area contributed by atoms with Crippen molar-refractivity contribution in [3.63, 3.8) is 0 Å². The highest BCUT2D eigenvalue weighted by Crippen LogP contribution is 2.31. The van der Waals surface area contributed by atoms with Crippen LogP contribution in [0.2, 0.25) is 0 Å². The fourth-order valence-electron chi connectivity index (χ4n) is 2.59. The first-order valence-electron chi connectivity index (χ1n) is 6.81. The number of hydrogen-bond acceptors (Lipinski definition) is 4. The molecule has 21 heavy (non-hydrogen) atoms.